The zero-order valence-electron chi connectivity index (χ0n) is 18.0. The summed E-state index contributed by atoms with van der Waals surface area (Å²) in [4.78, 5) is 34.1. The van der Waals surface area contributed by atoms with Crippen LogP contribution < -0.4 is 22.0 Å². The molecule has 0 aliphatic heterocycles. The molecule has 0 radical (unpaired) electrons. The van der Waals surface area contributed by atoms with Crippen molar-refractivity contribution >= 4 is 29.0 Å². The fraction of sp³-hybridized carbons (Fsp3) is 0.227. The number of amides is 3. The molecule has 174 valence electrons. The summed E-state index contributed by atoms with van der Waals surface area (Å²) < 4.78 is 0. The van der Waals surface area contributed by atoms with Gasteiger partial charge in [0.25, 0.3) is 5.69 Å². The van der Waals surface area contributed by atoms with E-state index >= 15 is 0 Å². The smallest absolute Gasteiger partial charge is 0.326 e. The predicted molar refractivity (Wildman–Crippen MR) is 123 cm³/mol. The SMILES string of the molecule is N#CCc1ccc([C@H](C#N)/C(CCCC(=O)Nc2cccc([N+](=O)[O-])c2)=N/NC(=O)NN)cc1. The first kappa shape index (κ1) is 25.5. The molecule has 12 heteroatoms. The van der Waals surface area contributed by atoms with E-state index in [0.717, 1.165) is 5.56 Å². The van der Waals surface area contributed by atoms with Gasteiger partial charge in [0.1, 0.15) is 5.92 Å². The minimum atomic E-state index is -0.811. The number of urea groups is 1. The highest BCUT2D eigenvalue weighted by atomic mass is 16.6. The molecule has 1 atom stereocenters. The zero-order chi connectivity index (χ0) is 24.9. The Kier molecular flexibility index (Phi) is 9.66. The lowest BCUT2D eigenvalue weighted by Crippen LogP contribution is -2.38. The standard InChI is InChI=1S/C22H22N8O4/c23-12-11-15-7-9-16(10-8-15)19(14-24)20(28-29-22(32)27-25)5-2-6-21(31)26-17-3-1-4-18(13-17)30(33)34/h1,3-4,7-10,13,19H,2,5-6,11,25H2,(H,26,31)(H2,27,29,32)/b28-20+/t19-/m0/s1. The molecule has 12 nitrogen and oxygen atoms in total. The Labute approximate surface area is 195 Å². The van der Waals surface area contributed by atoms with Crippen molar-refractivity contribution in [1.29, 1.82) is 10.5 Å². The number of rotatable bonds is 10. The van der Waals surface area contributed by atoms with Crippen LogP contribution >= 0.6 is 0 Å². The Balaban J connectivity index is 2.08. The molecule has 0 fully saturated rings. The number of nitrogens with zero attached hydrogens (tertiary/aromatic N) is 4. The number of carbonyl (C=O) groups is 2. The molecule has 0 bridgehead atoms. The summed E-state index contributed by atoms with van der Waals surface area (Å²) in [6.45, 7) is 0. The molecule has 0 heterocycles. The van der Waals surface area contributed by atoms with Gasteiger partial charge in [-0.05, 0) is 30.0 Å². The molecule has 0 aliphatic carbocycles. The zero-order valence-corrected chi connectivity index (χ0v) is 18.0. The Hall–Kier alpha value is -4.81. The average Bonchev–Trinajstić information content (AvgIpc) is 2.83. The number of hydrazine groups is 1. The summed E-state index contributed by atoms with van der Waals surface area (Å²) in [5, 5.41) is 36.0. The highest BCUT2D eigenvalue weighted by Crippen LogP contribution is 2.22. The van der Waals surface area contributed by atoms with Crippen molar-refractivity contribution in [1.82, 2.24) is 10.9 Å². The monoisotopic (exact) mass is 462 g/mol. The van der Waals surface area contributed by atoms with E-state index in [-0.39, 0.29) is 37.3 Å². The summed E-state index contributed by atoms with van der Waals surface area (Å²) in [5.41, 5.74) is 5.93. The number of nitriles is 2. The molecule has 2 aromatic carbocycles. The normalized spacial score (nSPS) is 11.4. The molecule has 34 heavy (non-hydrogen) atoms. The largest absolute Gasteiger partial charge is 0.349 e. The van der Waals surface area contributed by atoms with E-state index in [2.05, 4.69) is 21.9 Å². The predicted octanol–water partition coefficient (Wildman–Crippen LogP) is 2.61. The summed E-state index contributed by atoms with van der Waals surface area (Å²) in [5.74, 6) is 3.86. The molecule has 0 spiro atoms. The van der Waals surface area contributed by atoms with Gasteiger partial charge in [0.15, 0.2) is 0 Å². The Morgan fingerprint density at radius 2 is 1.88 bits per heavy atom. The van der Waals surface area contributed by atoms with Crippen LogP contribution in [0.1, 0.15) is 36.3 Å². The first-order chi connectivity index (χ1) is 16.4. The molecule has 2 aromatic rings. The average molecular weight is 462 g/mol. The van der Waals surface area contributed by atoms with Gasteiger partial charge >= 0.3 is 6.03 Å². The molecule has 0 saturated carbocycles. The van der Waals surface area contributed by atoms with Gasteiger partial charge in [0.05, 0.1) is 29.2 Å². The maximum Gasteiger partial charge on any atom is 0.349 e. The third-order valence-corrected chi connectivity index (χ3v) is 4.67. The number of carbonyl (C=O) groups excluding carboxylic acids is 2. The van der Waals surface area contributed by atoms with E-state index in [0.29, 0.717) is 17.0 Å². The lowest BCUT2D eigenvalue weighted by Gasteiger charge is -2.14. The van der Waals surface area contributed by atoms with Crippen LogP contribution in [0.2, 0.25) is 0 Å². The van der Waals surface area contributed by atoms with Crippen molar-refractivity contribution in [2.45, 2.75) is 31.6 Å². The van der Waals surface area contributed by atoms with E-state index in [9.17, 15) is 25.0 Å². The molecular formula is C22H22N8O4. The number of benzene rings is 2. The van der Waals surface area contributed by atoms with Crippen LogP contribution in [0, 0.1) is 32.8 Å². The van der Waals surface area contributed by atoms with Gasteiger partial charge in [-0.2, -0.15) is 15.6 Å². The molecular weight excluding hydrogens is 440 g/mol. The third-order valence-electron chi connectivity index (χ3n) is 4.67. The van der Waals surface area contributed by atoms with E-state index < -0.39 is 16.9 Å². The van der Waals surface area contributed by atoms with Gasteiger partial charge in [-0.15, -0.1) is 0 Å². The quantitative estimate of drug-likeness (QED) is 0.137. The van der Waals surface area contributed by atoms with E-state index in [4.69, 9.17) is 11.1 Å². The van der Waals surface area contributed by atoms with Gasteiger partial charge in [0.2, 0.25) is 5.91 Å². The fourth-order valence-electron chi connectivity index (χ4n) is 3.03. The molecule has 5 N–H and O–H groups in total. The Bertz CT molecular complexity index is 1150. The molecule has 0 aliphatic rings. The van der Waals surface area contributed by atoms with Crippen LogP contribution in [0.3, 0.4) is 0 Å². The van der Waals surface area contributed by atoms with Crippen molar-refractivity contribution < 1.29 is 14.5 Å². The van der Waals surface area contributed by atoms with E-state index in [1.54, 1.807) is 24.3 Å². The van der Waals surface area contributed by atoms with Crippen molar-refractivity contribution in [2.24, 2.45) is 10.9 Å². The van der Waals surface area contributed by atoms with Crippen molar-refractivity contribution in [3.05, 3.63) is 69.8 Å². The van der Waals surface area contributed by atoms with E-state index in [1.165, 1.54) is 24.3 Å². The molecule has 0 saturated heterocycles. The molecule has 2 rings (SSSR count). The number of hydrazone groups is 1. The summed E-state index contributed by atoms with van der Waals surface area (Å²) in [6.07, 6.45) is 0.766. The summed E-state index contributed by atoms with van der Waals surface area (Å²) in [6, 6.07) is 15.8. The maximum absolute atomic E-state index is 12.3. The minimum Gasteiger partial charge on any atom is -0.326 e. The summed E-state index contributed by atoms with van der Waals surface area (Å²) in [7, 11) is 0. The lowest BCUT2D eigenvalue weighted by molar-refractivity contribution is -0.384. The van der Waals surface area contributed by atoms with E-state index in [1.807, 2.05) is 11.5 Å². The van der Waals surface area contributed by atoms with Gasteiger partial charge < -0.3 is 5.32 Å². The number of nitrogens with one attached hydrogen (secondary N) is 3. The maximum atomic E-state index is 12.3. The van der Waals surface area contributed by atoms with Crippen LogP contribution in [0.5, 0.6) is 0 Å². The van der Waals surface area contributed by atoms with Crippen LogP contribution in [0.4, 0.5) is 16.2 Å². The second kappa shape index (κ2) is 12.9. The third kappa shape index (κ3) is 7.71. The first-order valence-electron chi connectivity index (χ1n) is 10.1. The van der Waals surface area contributed by atoms with Crippen LogP contribution in [0.25, 0.3) is 0 Å². The highest BCUT2D eigenvalue weighted by molar-refractivity contribution is 5.95. The second-order valence-corrected chi connectivity index (χ2v) is 7.04. The number of nitro groups is 1. The van der Waals surface area contributed by atoms with Crippen LogP contribution in [-0.2, 0) is 11.2 Å². The molecule has 3 amide bonds. The van der Waals surface area contributed by atoms with Crippen molar-refractivity contribution in [3.63, 3.8) is 0 Å². The number of anilines is 1. The van der Waals surface area contributed by atoms with Crippen molar-refractivity contribution in [2.75, 3.05) is 5.32 Å². The van der Waals surface area contributed by atoms with Gasteiger partial charge in [0, 0.05) is 24.2 Å². The fourth-order valence-corrected chi connectivity index (χ4v) is 3.03. The summed E-state index contributed by atoms with van der Waals surface area (Å²) >= 11 is 0. The number of hydrogen-bond donors (Lipinski definition) is 4. The van der Waals surface area contributed by atoms with Crippen LogP contribution in [0.15, 0.2) is 53.6 Å². The number of nitro benzene ring substituents is 1. The van der Waals surface area contributed by atoms with Crippen molar-refractivity contribution in [3.8, 4) is 12.1 Å². The minimum absolute atomic E-state index is 0.0457. The van der Waals surface area contributed by atoms with Gasteiger partial charge in [-0.25, -0.2) is 16.1 Å². The highest BCUT2D eigenvalue weighted by Gasteiger charge is 2.19. The lowest BCUT2D eigenvalue weighted by atomic mass is 9.91. The Morgan fingerprint density at radius 3 is 2.50 bits per heavy atom. The number of nitrogens with two attached hydrogens (primary N) is 1. The molecule has 0 aromatic heterocycles. The topological polar surface area (TPSA) is 199 Å². The number of hydrogen-bond acceptors (Lipinski definition) is 8. The van der Waals surface area contributed by atoms with Gasteiger partial charge in [-0.1, -0.05) is 30.3 Å². The number of non-ortho nitro benzene ring substituents is 1. The Morgan fingerprint density at radius 1 is 1.15 bits per heavy atom. The first-order valence-corrected chi connectivity index (χ1v) is 10.1. The van der Waals surface area contributed by atoms with Crippen LogP contribution in [-0.4, -0.2) is 22.6 Å². The second-order valence-electron chi connectivity index (χ2n) is 7.04. The molecule has 0 unspecified atom stereocenters. The van der Waals surface area contributed by atoms with Gasteiger partial charge in [-0.3, -0.25) is 20.3 Å².